The summed E-state index contributed by atoms with van der Waals surface area (Å²) in [6.07, 6.45) is 4.22. The third-order valence-corrected chi connectivity index (χ3v) is 5.11. The van der Waals surface area contributed by atoms with Crippen LogP contribution < -0.4 is 5.32 Å². The molecule has 3 rings (SSSR count). The van der Waals surface area contributed by atoms with E-state index in [4.69, 9.17) is 0 Å². The van der Waals surface area contributed by atoms with Gasteiger partial charge in [0.05, 0.1) is 17.7 Å². The van der Waals surface area contributed by atoms with Gasteiger partial charge in [-0.25, -0.2) is 4.79 Å². The first-order valence-corrected chi connectivity index (χ1v) is 7.69. The van der Waals surface area contributed by atoms with E-state index in [1.165, 1.54) is 0 Å². The minimum atomic E-state index is -0.758. The van der Waals surface area contributed by atoms with E-state index in [-0.39, 0.29) is 11.9 Å². The summed E-state index contributed by atoms with van der Waals surface area (Å²) in [6, 6.07) is 3.62. The Morgan fingerprint density at radius 3 is 3.05 bits per heavy atom. The Hall–Kier alpha value is -2.11. The second-order valence-corrected chi connectivity index (χ2v) is 6.36. The molecule has 2 N–H and O–H groups in total. The number of amides is 2. The van der Waals surface area contributed by atoms with Crippen molar-refractivity contribution in [2.75, 3.05) is 13.1 Å². The van der Waals surface area contributed by atoms with E-state index < -0.39 is 11.4 Å². The first kappa shape index (κ1) is 14.8. The number of nitrogens with one attached hydrogen (secondary N) is 1. The van der Waals surface area contributed by atoms with Crippen molar-refractivity contribution < 1.29 is 14.7 Å². The van der Waals surface area contributed by atoms with Gasteiger partial charge in [0.2, 0.25) is 0 Å². The lowest BCUT2D eigenvalue weighted by Crippen LogP contribution is -2.41. The highest BCUT2D eigenvalue weighted by molar-refractivity contribution is 5.80. The number of rotatable bonds is 3. The molecule has 2 fully saturated rings. The van der Waals surface area contributed by atoms with E-state index in [0.717, 1.165) is 24.1 Å². The number of pyridine rings is 1. The number of carboxylic acids is 1. The molecule has 1 aromatic rings. The smallest absolute Gasteiger partial charge is 0.317 e. The molecule has 22 heavy (non-hydrogen) atoms. The van der Waals surface area contributed by atoms with Gasteiger partial charge in [-0.2, -0.15) is 0 Å². The highest BCUT2D eigenvalue weighted by atomic mass is 16.4. The van der Waals surface area contributed by atoms with Gasteiger partial charge in [0.1, 0.15) is 0 Å². The standard InChI is InChI=1S/C16H21N3O3/c1-11-4-3-7-17-13(11)8-18-15(22)19-9-12-5-2-6-16(12,10-19)14(20)21/h3-4,7,12H,2,5-6,8-10H2,1H3,(H,18,22)(H,20,21)/t12-,16+/m0/s1. The van der Waals surface area contributed by atoms with Crippen LogP contribution in [-0.4, -0.2) is 40.1 Å². The quantitative estimate of drug-likeness (QED) is 0.892. The number of aliphatic carboxylic acids is 1. The Labute approximate surface area is 129 Å². The number of likely N-dealkylation sites (tertiary alicyclic amines) is 1. The maximum Gasteiger partial charge on any atom is 0.317 e. The summed E-state index contributed by atoms with van der Waals surface area (Å²) >= 11 is 0. The fourth-order valence-corrected chi connectivity index (χ4v) is 3.77. The first-order valence-electron chi connectivity index (χ1n) is 7.69. The lowest BCUT2D eigenvalue weighted by atomic mass is 9.81. The summed E-state index contributed by atoms with van der Waals surface area (Å²) in [7, 11) is 0. The van der Waals surface area contributed by atoms with Gasteiger partial charge in [0.25, 0.3) is 0 Å². The maximum atomic E-state index is 12.3. The molecule has 0 unspecified atom stereocenters. The van der Waals surface area contributed by atoms with Crippen LogP contribution in [0.4, 0.5) is 4.79 Å². The van der Waals surface area contributed by atoms with E-state index in [9.17, 15) is 14.7 Å². The van der Waals surface area contributed by atoms with Crippen LogP contribution in [0.3, 0.4) is 0 Å². The first-order chi connectivity index (χ1) is 10.5. The number of hydrogen-bond acceptors (Lipinski definition) is 3. The molecule has 0 radical (unpaired) electrons. The van der Waals surface area contributed by atoms with Crippen molar-refractivity contribution in [2.24, 2.45) is 11.3 Å². The average molecular weight is 303 g/mol. The lowest BCUT2D eigenvalue weighted by molar-refractivity contribution is -0.149. The number of nitrogens with zero attached hydrogens (tertiary/aromatic N) is 2. The number of hydrogen-bond donors (Lipinski definition) is 2. The fourth-order valence-electron chi connectivity index (χ4n) is 3.77. The van der Waals surface area contributed by atoms with E-state index >= 15 is 0 Å². The fraction of sp³-hybridized carbons (Fsp3) is 0.562. The number of carbonyl (C=O) groups excluding carboxylic acids is 1. The normalized spacial score (nSPS) is 26.8. The van der Waals surface area contributed by atoms with Gasteiger partial charge in [0, 0.05) is 19.3 Å². The number of carbonyl (C=O) groups is 2. The van der Waals surface area contributed by atoms with Crippen LogP contribution in [0.1, 0.15) is 30.5 Å². The summed E-state index contributed by atoms with van der Waals surface area (Å²) in [4.78, 5) is 29.8. The molecular formula is C16H21N3O3. The van der Waals surface area contributed by atoms with Crippen molar-refractivity contribution in [3.8, 4) is 0 Å². The third kappa shape index (κ3) is 2.42. The molecule has 2 heterocycles. The van der Waals surface area contributed by atoms with E-state index in [1.807, 2.05) is 19.1 Å². The van der Waals surface area contributed by atoms with Gasteiger partial charge < -0.3 is 15.3 Å². The summed E-state index contributed by atoms with van der Waals surface area (Å²) in [5.41, 5.74) is 1.14. The SMILES string of the molecule is Cc1cccnc1CNC(=O)N1C[C@@H]2CCC[C@@]2(C(=O)O)C1. The monoisotopic (exact) mass is 303 g/mol. The Bertz CT molecular complexity index is 604. The Morgan fingerprint density at radius 2 is 2.36 bits per heavy atom. The molecule has 6 nitrogen and oxygen atoms in total. The Morgan fingerprint density at radius 1 is 1.55 bits per heavy atom. The van der Waals surface area contributed by atoms with Crippen molar-refractivity contribution in [3.63, 3.8) is 0 Å². The molecule has 1 aliphatic heterocycles. The second kappa shape index (κ2) is 5.59. The second-order valence-electron chi connectivity index (χ2n) is 6.36. The largest absolute Gasteiger partial charge is 0.481 e. The number of aromatic nitrogens is 1. The van der Waals surface area contributed by atoms with Gasteiger partial charge in [-0.1, -0.05) is 12.5 Å². The zero-order chi connectivity index (χ0) is 15.7. The maximum absolute atomic E-state index is 12.3. The summed E-state index contributed by atoms with van der Waals surface area (Å²) in [6.45, 7) is 3.18. The number of carboxylic acid groups (broad SMARTS) is 1. The number of urea groups is 1. The van der Waals surface area contributed by atoms with E-state index in [2.05, 4.69) is 10.3 Å². The molecule has 2 aliphatic rings. The highest BCUT2D eigenvalue weighted by Gasteiger charge is 2.55. The van der Waals surface area contributed by atoms with Crippen LogP contribution in [0.2, 0.25) is 0 Å². The molecule has 1 saturated heterocycles. The molecule has 0 spiro atoms. The predicted octanol–water partition coefficient (Wildman–Crippen LogP) is 1.79. The molecule has 0 bridgehead atoms. The van der Waals surface area contributed by atoms with Crippen LogP contribution in [0, 0.1) is 18.3 Å². The topological polar surface area (TPSA) is 82.5 Å². The predicted molar refractivity (Wildman–Crippen MR) is 80.2 cm³/mol. The van der Waals surface area contributed by atoms with E-state index in [1.54, 1.807) is 11.1 Å². The van der Waals surface area contributed by atoms with Crippen LogP contribution in [0.15, 0.2) is 18.3 Å². The molecule has 0 aromatic carbocycles. The third-order valence-electron chi connectivity index (χ3n) is 5.11. The molecule has 2 amide bonds. The molecule has 1 aliphatic carbocycles. The molecule has 1 aromatic heterocycles. The van der Waals surface area contributed by atoms with E-state index in [0.29, 0.717) is 26.1 Å². The average Bonchev–Trinajstić information content (AvgIpc) is 3.04. The van der Waals surface area contributed by atoms with Crippen molar-refractivity contribution in [1.29, 1.82) is 0 Å². The van der Waals surface area contributed by atoms with Crippen molar-refractivity contribution in [2.45, 2.75) is 32.7 Å². The number of fused-ring (bicyclic) bond motifs is 1. The van der Waals surface area contributed by atoms with Crippen LogP contribution in [0.5, 0.6) is 0 Å². The van der Waals surface area contributed by atoms with Gasteiger partial charge in [-0.15, -0.1) is 0 Å². The molecule has 2 atom stereocenters. The highest BCUT2D eigenvalue weighted by Crippen LogP contribution is 2.48. The summed E-state index contributed by atoms with van der Waals surface area (Å²) in [5.74, 6) is -0.668. The van der Waals surface area contributed by atoms with Gasteiger partial charge >= 0.3 is 12.0 Å². The Kier molecular flexibility index (Phi) is 3.76. The lowest BCUT2D eigenvalue weighted by Gasteiger charge is -2.23. The summed E-state index contributed by atoms with van der Waals surface area (Å²) < 4.78 is 0. The zero-order valence-corrected chi connectivity index (χ0v) is 12.7. The molecule has 118 valence electrons. The number of aryl methyl sites for hydroxylation is 1. The van der Waals surface area contributed by atoms with Crippen molar-refractivity contribution in [1.82, 2.24) is 15.2 Å². The minimum Gasteiger partial charge on any atom is -0.481 e. The van der Waals surface area contributed by atoms with Crippen molar-refractivity contribution >= 4 is 12.0 Å². The van der Waals surface area contributed by atoms with Gasteiger partial charge in [-0.3, -0.25) is 9.78 Å². The van der Waals surface area contributed by atoms with Crippen LogP contribution in [-0.2, 0) is 11.3 Å². The molecular weight excluding hydrogens is 282 g/mol. The minimum absolute atomic E-state index is 0.0901. The zero-order valence-electron chi connectivity index (χ0n) is 12.7. The van der Waals surface area contributed by atoms with Gasteiger partial charge in [-0.05, 0) is 37.3 Å². The summed E-state index contributed by atoms with van der Waals surface area (Å²) in [5, 5.41) is 12.4. The van der Waals surface area contributed by atoms with Crippen LogP contribution in [0.25, 0.3) is 0 Å². The van der Waals surface area contributed by atoms with Gasteiger partial charge in [0.15, 0.2) is 0 Å². The Balaban J connectivity index is 1.63. The molecule has 1 saturated carbocycles. The van der Waals surface area contributed by atoms with Crippen LogP contribution >= 0.6 is 0 Å². The molecule has 6 heteroatoms. The van der Waals surface area contributed by atoms with Crippen molar-refractivity contribution in [3.05, 3.63) is 29.6 Å².